The number of carbonyl (C=O) groups excluding carboxylic acids is 1. The van der Waals surface area contributed by atoms with Crippen LogP contribution < -0.4 is 0 Å². The SMILES string of the molecule is CC(C[N+](=O)[O-])ON(C(=O)c1ccccc1)[C@H](Cc1ccc(O)cc1)C(=O)O. The van der Waals surface area contributed by atoms with Crippen molar-refractivity contribution in [2.75, 3.05) is 6.54 Å². The molecule has 9 heteroatoms. The van der Waals surface area contributed by atoms with Gasteiger partial charge in [-0.15, -0.1) is 0 Å². The molecule has 28 heavy (non-hydrogen) atoms. The van der Waals surface area contributed by atoms with Gasteiger partial charge in [0.2, 0.25) is 6.54 Å². The summed E-state index contributed by atoms with van der Waals surface area (Å²) in [6, 6.07) is 12.3. The van der Waals surface area contributed by atoms with E-state index in [2.05, 4.69) is 0 Å². The highest BCUT2D eigenvalue weighted by molar-refractivity contribution is 5.95. The van der Waals surface area contributed by atoms with Gasteiger partial charge >= 0.3 is 5.97 Å². The number of hydrogen-bond donors (Lipinski definition) is 2. The lowest BCUT2D eigenvalue weighted by Crippen LogP contribution is -2.48. The lowest BCUT2D eigenvalue weighted by Gasteiger charge is -2.29. The van der Waals surface area contributed by atoms with Crippen LogP contribution in [0.5, 0.6) is 5.75 Å². The molecule has 2 aromatic rings. The van der Waals surface area contributed by atoms with Gasteiger partial charge in [-0.3, -0.25) is 19.7 Å². The average molecular weight is 388 g/mol. The second-order valence-electron chi connectivity index (χ2n) is 6.15. The summed E-state index contributed by atoms with van der Waals surface area (Å²) < 4.78 is 0. The van der Waals surface area contributed by atoms with Crippen LogP contribution in [-0.2, 0) is 16.1 Å². The molecule has 2 aromatic carbocycles. The van der Waals surface area contributed by atoms with Crippen LogP contribution in [-0.4, -0.2) is 50.8 Å². The summed E-state index contributed by atoms with van der Waals surface area (Å²) in [5.41, 5.74) is 0.731. The maximum Gasteiger partial charge on any atom is 0.329 e. The van der Waals surface area contributed by atoms with Crippen LogP contribution in [0.25, 0.3) is 0 Å². The Hall–Kier alpha value is -3.46. The molecule has 0 aliphatic carbocycles. The molecule has 0 fully saturated rings. The van der Waals surface area contributed by atoms with E-state index < -0.39 is 35.5 Å². The van der Waals surface area contributed by atoms with Crippen LogP contribution in [0, 0.1) is 10.1 Å². The number of aliphatic carboxylic acids is 1. The highest BCUT2D eigenvalue weighted by Crippen LogP contribution is 2.18. The Balaban J connectivity index is 2.34. The van der Waals surface area contributed by atoms with Crippen molar-refractivity contribution < 1.29 is 29.6 Å². The van der Waals surface area contributed by atoms with E-state index in [1.165, 1.54) is 43.3 Å². The second-order valence-corrected chi connectivity index (χ2v) is 6.15. The summed E-state index contributed by atoms with van der Waals surface area (Å²) in [5, 5.41) is 30.5. The number of benzene rings is 2. The lowest BCUT2D eigenvalue weighted by molar-refractivity contribution is -0.495. The van der Waals surface area contributed by atoms with Crippen molar-refractivity contribution in [1.29, 1.82) is 0 Å². The lowest BCUT2D eigenvalue weighted by atomic mass is 10.0. The molecule has 0 heterocycles. The molecular formula is C19H20N2O7. The third-order valence-electron chi connectivity index (χ3n) is 3.85. The fraction of sp³-hybridized carbons (Fsp3) is 0.263. The van der Waals surface area contributed by atoms with Gasteiger partial charge in [-0.05, 0) is 36.8 Å². The molecule has 1 unspecified atom stereocenters. The number of nitro groups is 1. The van der Waals surface area contributed by atoms with Crippen LogP contribution in [0.3, 0.4) is 0 Å². The molecular weight excluding hydrogens is 368 g/mol. The Morgan fingerprint density at radius 1 is 1.14 bits per heavy atom. The normalized spacial score (nSPS) is 12.8. The minimum atomic E-state index is -1.42. The zero-order chi connectivity index (χ0) is 20.7. The minimum Gasteiger partial charge on any atom is -0.508 e. The van der Waals surface area contributed by atoms with E-state index in [0.717, 1.165) is 0 Å². The van der Waals surface area contributed by atoms with Crippen LogP contribution in [0.4, 0.5) is 0 Å². The molecule has 2 N–H and O–H groups in total. The number of phenolic OH excluding ortho intramolecular Hbond substituents is 1. The molecule has 0 saturated carbocycles. The molecule has 0 aliphatic rings. The molecule has 148 valence electrons. The maximum atomic E-state index is 12.9. The Morgan fingerprint density at radius 3 is 2.29 bits per heavy atom. The van der Waals surface area contributed by atoms with Crippen LogP contribution >= 0.6 is 0 Å². The van der Waals surface area contributed by atoms with Gasteiger partial charge in [0.1, 0.15) is 11.9 Å². The first kappa shape index (κ1) is 20.8. The molecule has 0 aromatic heterocycles. The molecule has 0 spiro atoms. The van der Waals surface area contributed by atoms with Crippen molar-refractivity contribution >= 4 is 11.9 Å². The van der Waals surface area contributed by atoms with Crippen molar-refractivity contribution in [2.24, 2.45) is 0 Å². The van der Waals surface area contributed by atoms with Gasteiger partial charge in [0.25, 0.3) is 5.91 Å². The van der Waals surface area contributed by atoms with E-state index in [0.29, 0.717) is 10.6 Å². The minimum absolute atomic E-state index is 0.0173. The third-order valence-corrected chi connectivity index (χ3v) is 3.85. The van der Waals surface area contributed by atoms with Crippen LogP contribution in [0.2, 0.25) is 0 Å². The zero-order valence-corrected chi connectivity index (χ0v) is 15.1. The number of amides is 1. The number of aromatic hydroxyl groups is 1. The van der Waals surface area contributed by atoms with Crippen LogP contribution in [0.15, 0.2) is 54.6 Å². The fourth-order valence-corrected chi connectivity index (χ4v) is 2.53. The van der Waals surface area contributed by atoms with E-state index in [1.807, 2.05) is 0 Å². The first-order chi connectivity index (χ1) is 13.3. The van der Waals surface area contributed by atoms with Crippen molar-refractivity contribution in [1.82, 2.24) is 5.06 Å². The molecule has 1 amide bonds. The van der Waals surface area contributed by atoms with Gasteiger partial charge in [0.15, 0.2) is 6.04 Å². The van der Waals surface area contributed by atoms with Gasteiger partial charge < -0.3 is 10.2 Å². The van der Waals surface area contributed by atoms with Gasteiger partial charge in [-0.25, -0.2) is 9.86 Å². The molecule has 0 aliphatic heterocycles. The smallest absolute Gasteiger partial charge is 0.329 e. The first-order valence-electron chi connectivity index (χ1n) is 8.46. The topological polar surface area (TPSA) is 130 Å². The second kappa shape index (κ2) is 9.47. The van der Waals surface area contributed by atoms with E-state index in [-0.39, 0.29) is 17.7 Å². The summed E-state index contributed by atoms with van der Waals surface area (Å²) in [7, 11) is 0. The van der Waals surface area contributed by atoms with Gasteiger partial charge in [0, 0.05) is 16.9 Å². The van der Waals surface area contributed by atoms with Gasteiger partial charge in [-0.2, -0.15) is 0 Å². The Labute approximate surface area is 160 Å². The summed E-state index contributed by atoms with van der Waals surface area (Å²) >= 11 is 0. The quantitative estimate of drug-likeness (QED) is 0.497. The standard InChI is InChI=1S/C19H20N2O7/c1-13(12-20(26)27)28-21(18(23)15-5-3-2-4-6-15)17(19(24)25)11-14-7-9-16(22)10-8-14/h2-10,13,17,22H,11-12H2,1H3,(H,24,25)/t13?,17-/m1/s1. The molecule has 0 saturated heterocycles. The monoisotopic (exact) mass is 388 g/mol. The van der Waals surface area contributed by atoms with E-state index in [9.17, 15) is 29.9 Å². The number of nitrogens with zero attached hydrogens (tertiary/aromatic N) is 2. The first-order valence-corrected chi connectivity index (χ1v) is 8.46. The van der Waals surface area contributed by atoms with Crippen molar-refractivity contribution in [2.45, 2.75) is 25.5 Å². The summed E-state index contributed by atoms with van der Waals surface area (Å²) in [4.78, 5) is 40.3. The predicted octanol–water partition coefficient (Wildman–Crippen LogP) is 2.13. The number of rotatable bonds is 9. The van der Waals surface area contributed by atoms with Crippen LogP contribution in [0.1, 0.15) is 22.8 Å². The zero-order valence-electron chi connectivity index (χ0n) is 15.1. The number of carboxylic acids is 1. The highest BCUT2D eigenvalue weighted by atomic mass is 16.7. The molecule has 2 atom stereocenters. The fourth-order valence-electron chi connectivity index (χ4n) is 2.53. The Kier molecular flexibility index (Phi) is 7.05. The highest BCUT2D eigenvalue weighted by Gasteiger charge is 2.34. The van der Waals surface area contributed by atoms with Crippen molar-refractivity contribution in [3.8, 4) is 5.75 Å². The predicted molar refractivity (Wildman–Crippen MR) is 98.3 cm³/mol. The molecule has 0 bridgehead atoms. The number of carboxylic acid groups (broad SMARTS) is 1. The molecule has 2 rings (SSSR count). The van der Waals surface area contributed by atoms with E-state index in [1.54, 1.807) is 18.2 Å². The van der Waals surface area contributed by atoms with Gasteiger partial charge in [-0.1, -0.05) is 30.3 Å². The number of carbonyl (C=O) groups is 2. The Bertz CT molecular complexity index is 824. The third kappa shape index (κ3) is 5.78. The number of hydroxylamine groups is 2. The number of hydrogen-bond acceptors (Lipinski definition) is 6. The van der Waals surface area contributed by atoms with Crippen molar-refractivity contribution in [3.05, 3.63) is 75.8 Å². The summed E-state index contributed by atoms with van der Waals surface area (Å²) in [5.74, 6) is -2.03. The molecule has 0 radical (unpaired) electrons. The Morgan fingerprint density at radius 2 is 1.75 bits per heavy atom. The maximum absolute atomic E-state index is 12.9. The van der Waals surface area contributed by atoms with Crippen molar-refractivity contribution in [3.63, 3.8) is 0 Å². The van der Waals surface area contributed by atoms with Gasteiger partial charge in [0.05, 0.1) is 0 Å². The van der Waals surface area contributed by atoms with E-state index in [4.69, 9.17) is 4.84 Å². The summed E-state index contributed by atoms with van der Waals surface area (Å²) in [6.45, 7) is 0.789. The largest absolute Gasteiger partial charge is 0.508 e. The van der Waals surface area contributed by atoms with E-state index >= 15 is 0 Å². The number of phenols is 1. The average Bonchev–Trinajstić information content (AvgIpc) is 2.65. The molecule has 9 nitrogen and oxygen atoms in total. The summed E-state index contributed by atoms with van der Waals surface area (Å²) in [6.07, 6.45) is -1.14.